The molecule has 2 atom stereocenters. The van der Waals surface area contributed by atoms with Gasteiger partial charge < -0.3 is 10.1 Å². The fraction of sp³-hybridized carbons (Fsp3) is 0.214. The Morgan fingerprint density at radius 3 is 2.47 bits per heavy atom. The van der Waals surface area contributed by atoms with Gasteiger partial charge in [0.25, 0.3) is 5.91 Å². The zero-order valence-electron chi connectivity index (χ0n) is 20.0. The van der Waals surface area contributed by atoms with Crippen molar-refractivity contribution in [1.82, 2.24) is 4.90 Å². The Kier molecular flexibility index (Phi) is 6.86. The number of carbonyl (C=O) groups excluding carboxylic acids is 2. The summed E-state index contributed by atoms with van der Waals surface area (Å²) in [6.45, 7) is 1.97. The maximum atomic E-state index is 13.2. The Balaban J connectivity index is 1.43. The molecular formula is C28H26N4O3S. The van der Waals surface area contributed by atoms with Gasteiger partial charge in [-0.15, -0.1) is 0 Å². The molecule has 2 heterocycles. The summed E-state index contributed by atoms with van der Waals surface area (Å²) in [7, 11) is 1.60. The molecule has 0 radical (unpaired) electrons. The van der Waals surface area contributed by atoms with Gasteiger partial charge in [0.1, 0.15) is 17.6 Å². The van der Waals surface area contributed by atoms with Crippen molar-refractivity contribution < 1.29 is 14.3 Å². The third-order valence-corrected chi connectivity index (χ3v) is 7.48. The summed E-state index contributed by atoms with van der Waals surface area (Å²) in [5, 5.41) is 3.18. The summed E-state index contributed by atoms with van der Waals surface area (Å²) in [5.41, 5.74) is 3.30. The van der Waals surface area contributed by atoms with E-state index in [1.165, 1.54) is 11.8 Å². The number of amidine groups is 2. The summed E-state index contributed by atoms with van der Waals surface area (Å²) >= 11 is 1.36. The van der Waals surface area contributed by atoms with Gasteiger partial charge in [0.05, 0.1) is 18.0 Å². The van der Waals surface area contributed by atoms with Crippen molar-refractivity contribution in [1.29, 1.82) is 0 Å². The first-order valence-corrected chi connectivity index (χ1v) is 12.7. The Morgan fingerprint density at radius 2 is 1.75 bits per heavy atom. The number of amides is 2. The number of anilines is 1. The second kappa shape index (κ2) is 10.4. The summed E-state index contributed by atoms with van der Waals surface area (Å²) in [6.07, 6.45) is 1.09. The highest BCUT2D eigenvalue weighted by atomic mass is 32.2. The van der Waals surface area contributed by atoms with Crippen LogP contribution in [0.1, 0.15) is 24.5 Å². The van der Waals surface area contributed by atoms with Crippen LogP contribution < -0.4 is 10.1 Å². The van der Waals surface area contributed by atoms with Crippen LogP contribution in [-0.4, -0.2) is 46.1 Å². The maximum Gasteiger partial charge on any atom is 0.271 e. The molecule has 3 aromatic rings. The molecule has 0 spiro atoms. The molecule has 0 saturated carbocycles. The fourth-order valence-electron chi connectivity index (χ4n) is 4.27. The highest BCUT2D eigenvalue weighted by Gasteiger charge is 2.42. The second-order valence-electron chi connectivity index (χ2n) is 8.49. The van der Waals surface area contributed by atoms with Gasteiger partial charge in [-0.25, -0.2) is 4.99 Å². The van der Waals surface area contributed by atoms with Crippen LogP contribution in [0.2, 0.25) is 0 Å². The van der Waals surface area contributed by atoms with Crippen LogP contribution in [0.4, 0.5) is 11.4 Å². The van der Waals surface area contributed by atoms with E-state index in [9.17, 15) is 9.59 Å². The van der Waals surface area contributed by atoms with Crippen LogP contribution in [0.5, 0.6) is 5.75 Å². The van der Waals surface area contributed by atoms with E-state index in [0.29, 0.717) is 29.5 Å². The van der Waals surface area contributed by atoms with Crippen molar-refractivity contribution in [3.8, 4) is 5.75 Å². The Labute approximate surface area is 214 Å². The molecule has 8 heteroatoms. The number of thioether (sulfide) groups is 1. The minimum Gasteiger partial charge on any atom is -0.497 e. The molecule has 2 aliphatic heterocycles. The largest absolute Gasteiger partial charge is 0.497 e. The number of ether oxygens (including phenoxy) is 1. The molecule has 182 valence electrons. The van der Waals surface area contributed by atoms with Gasteiger partial charge in [-0.3, -0.25) is 14.5 Å². The number of para-hydroxylation sites is 1. The molecular weight excluding hydrogens is 472 g/mol. The van der Waals surface area contributed by atoms with Crippen molar-refractivity contribution in [2.24, 2.45) is 9.98 Å². The fourth-order valence-corrected chi connectivity index (χ4v) is 5.33. The van der Waals surface area contributed by atoms with Crippen LogP contribution in [0.15, 0.2) is 88.8 Å². The molecule has 2 amide bonds. The van der Waals surface area contributed by atoms with E-state index in [4.69, 9.17) is 9.73 Å². The molecule has 1 N–H and O–H groups in total. The molecule has 0 fully saturated rings. The average molecular weight is 499 g/mol. The highest BCUT2D eigenvalue weighted by molar-refractivity contribution is 8.15. The average Bonchev–Trinajstić information content (AvgIpc) is 3.24. The molecule has 0 saturated heterocycles. The molecule has 5 rings (SSSR count). The van der Waals surface area contributed by atoms with E-state index in [1.807, 2.05) is 78.6 Å². The standard InChI is InChI=1S/C28H26N4O3S/c1-3-24(27(34)29-19-13-15-20(35-2)16-14-19)36-28-30-22-12-8-7-11-21(22)25-31-26(33)23(32(25)28)17-18-9-5-4-6-10-18/h4-16,23-24H,3,17H2,1-2H3,(H,29,34). The SMILES string of the molecule is CCC(SC1=Nc2ccccc2C2=NC(=O)C(Cc3ccccc3)N12)C(=O)Nc1ccc(OC)cc1. The molecule has 7 nitrogen and oxygen atoms in total. The first kappa shape index (κ1) is 23.8. The van der Waals surface area contributed by atoms with Crippen molar-refractivity contribution in [2.45, 2.75) is 31.1 Å². The third-order valence-electron chi connectivity index (χ3n) is 6.15. The number of nitrogens with zero attached hydrogens (tertiary/aromatic N) is 3. The summed E-state index contributed by atoms with van der Waals surface area (Å²) in [4.78, 5) is 37.6. The molecule has 0 aliphatic carbocycles. The van der Waals surface area contributed by atoms with Crippen LogP contribution in [0.3, 0.4) is 0 Å². The lowest BCUT2D eigenvalue weighted by molar-refractivity contribution is -0.119. The highest BCUT2D eigenvalue weighted by Crippen LogP contribution is 2.36. The number of hydrogen-bond donors (Lipinski definition) is 1. The van der Waals surface area contributed by atoms with Gasteiger partial charge in [-0.1, -0.05) is 61.2 Å². The minimum atomic E-state index is -0.510. The summed E-state index contributed by atoms with van der Waals surface area (Å²) in [5.74, 6) is 0.992. The van der Waals surface area contributed by atoms with Crippen molar-refractivity contribution in [3.63, 3.8) is 0 Å². The van der Waals surface area contributed by atoms with Crippen molar-refractivity contribution in [3.05, 3.63) is 90.0 Å². The van der Waals surface area contributed by atoms with Gasteiger partial charge in [0.2, 0.25) is 5.91 Å². The van der Waals surface area contributed by atoms with Crippen molar-refractivity contribution >= 4 is 46.0 Å². The monoisotopic (exact) mass is 498 g/mol. The smallest absolute Gasteiger partial charge is 0.271 e. The first-order valence-electron chi connectivity index (χ1n) is 11.8. The number of methoxy groups -OCH3 is 1. The van der Waals surface area contributed by atoms with Crippen LogP contribution in [-0.2, 0) is 16.0 Å². The van der Waals surface area contributed by atoms with Gasteiger partial charge >= 0.3 is 0 Å². The van der Waals surface area contributed by atoms with Gasteiger partial charge in [0, 0.05) is 17.7 Å². The summed E-state index contributed by atoms with van der Waals surface area (Å²) in [6, 6.07) is 24.3. The zero-order valence-corrected chi connectivity index (χ0v) is 20.9. The molecule has 0 aromatic heterocycles. The summed E-state index contributed by atoms with van der Waals surface area (Å²) < 4.78 is 5.20. The van der Waals surface area contributed by atoms with Gasteiger partial charge in [-0.05, 0) is 48.4 Å². The van der Waals surface area contributed by atoms with Crippen LogP contribution in [0.25, 0.3) is 0 Å². The number of carbonyl (C=O) groups is 2. The van der Waals surface area contributed by atoms with Crippen LogP contribution in [0, 0.1) is 0 Å². The zero-order chi connectivity index (χ0) is 25.1. The predicted molar refractivity (Wildman–Crippen MR) is 144 cm³/mol. The molecule has 2 unspecified atom stereocenters. The Hall–Kier alpha value is -3.91. The van der Waals surface area contributed by atoms with Crippen LogP contribution >= 0.6 is 11.8 Å². The quantitative estimate of drug-likeness (QED) is 0.493. The number of aliphatic imine (C=N–C) groups is 2. The minimum absolute atomic E-state index is 0.127. The first-order chi connectivity index (χ1) is 17.6. The Bertz CT molecular complexity index is 1340. The molecule has 0 bridgehead atoms. The van der Waals surface area contributed by atoms with E-state index in [-0.39, 0.29) is 11.8 Å². The number of benzene rings is 3. The van der Waals surface area contributed by atoms with Gasteiger partial charge in [0.15, 0.2) is 5.17 Å². The lowest BCUT2D eigenvalue weighted by Gasteiger charge is -2.32. The van der Waals surface area contributed by atoms with E-state index >= 15 is 0 Å². The third kappa shape index (κ3) is 4.77. The van der Waals surface area contributed by atoms with E-state index < -0.39 is 11.3 Å². The number of rotatable bonds is 7. The number of fused-ring (bicyclic) bond motifs is 3. The number of nitrogens with one attached hydrogen (secondary N) is 1. The second-order valence-corrected chi connectivity index (χ2v) is 9.66. The Morgan fingerprint density at radius 1 is 1.03 bits per heavy atom. The van der Waals surface area contributed by atoms with E-state index in [2.05, 4.69) is 10.3 Å². The van der Waals surface area contributed by atoms with E-state index in [1.54, 1.807) is 19.2 Å². The van der Waals surface area contributed by atoms with Gasteiger partial charge in [-0.2, -0.15) is 4.99 Å². The molecule has 2 aliphatic rings. The maximum absolute atomic E-state index is 13.2. The molecule has 36 heavy (non-hydrogen) atoms. The predicted octanol–water partition coefficient (Wildman–Crippen LogP) is 5.05. The van der Waals surface area contributed by atoms with E-state index in [0.717, 1.165) is 22.6 Å². The number of hydrogen-bond acceptors (Lipinski definition) is 6. The van der Waals surface area contributed by atoms with Crippen molar-refractivity contribution in [2.75, 3.05) is 12.4 Å². The molecule has 3 aromatic carbocycles. The topological polar surface area (TPSA) is 83.4 Å². The normalized spacial score (nSPS) is 17.0. The lowest BCUT2D eigenvalue weighted by atomic mass is 10.0. The lowest BCUT2D eigenvalue weighted by Crippen LogP contribution is -2.45.